The van der Waals surface area contributed by atoms with Gasteiger partial charge in [-0.3, -0.25) is 14.6 Å². The number of benzene rings is 1. The molecule has 2 N–H and O–H groups in total. The summed E-state index contributed by atoms with van der Waals surface area (Å²) in [5, 5.41) is 6.11. The molecule has 1 aliphatic rings. The summed E-state index contributed by atoms with van der Waals surface area (Å²) < 4.78 is 0. The van der Waals surface area contributed by atoms with E-state index in [2.05, 4.69) is 20.5 Å². The van der Waals surface area contributed by atoms with Crippen LogP contribution in [0, 0.1) is 5.92 Å². The first kappa shape index (κ1) is 19.9. The maximum Gasteiger partial charge on any atom is 0.253 e. The fourth-order valence-electron chi connectivity index (χ4n) is 3.35. The summed E-state index contributed by atoms with van der Waals surface area (Å²) in [6, 6.07) is 11.7. The molecule has 1 aliphatic heterocycles. The molecule has 0 spiro atoms. The van der Waals surface area contributed by atoms with Crippen molar-refractivity contribution < 1.29 is 9.59 Å². The first-order valence-electron chi connectivity index (χ1n) is 9.86. The van der Waals surface area contributed by atoms with Crippen molar-refractivity contribution in [1.29, 1.82) is 0 Å². The Balaban J connectivity index is 1.61. The summed E-state index contributed by atoms with van der Waals surface area (Å²) in [5.41, 5.74) is 2.65. The Morgan fingerprint density at radius 3 is 2.46 bits per heavy atom. The second kappa shape index (κ2) is 9.35. The molecule has 1 saturated heterocycles. The molecule has 1 aromatic heterocycles. The number of nitrogens with one attached hydrogen (secondary N) is 2. The molecule has 0 saturated carbocycles. The SMILES string of the molecule is CC(C)C(=O)NC1CCN(c2ccccc2C(=O)NCc2ccncc2)CC1. The maximum atomic E-state index is 12.8. The van der Waals surface area contributed by atoms with Gasteiger partial charge in [-0.15, -0.1) is 0 Å². The molecular weight excluding hydrogens is 352 g/mol. The average Bonchev–Trinajstić information content (AvgIpc) is 2.73. The third kappa shape index (κ3) is 5.09. The zero-order valence-corrected chi connectivity index (χ0v) is 16.5. The maximum absolute atomic E-state index is 12.8. The molecule has 1 fully saturated rings. The molecule has 2 aromatic rings. The number of carbonyl (C=O) groups is 2. The predicted octanol–water partition coefficient (Wildman–Crippen LogP) is 2.75. The van der Waals surface area contributed by atoms with Crippen LogP contribution in [0.3, 0.4) is 0 Å². The number of carbonyl (C=O) groups excluding carboxylic acids is 2. The van der Waals surface area contributed by atoms with E-state index in [0.29, 0.717) is 12.1 Å². The highest BCUT2D eigenvalue weighted by atomic mass is 16.2. The van der Waals surface area contributed by atoms with Crippen molar-refractivity contribution in [1.82, 2.24) is 15.6 Å². The molecule has 2 amide bonds. The number of hydrogen-bond donors (Lipinski definition) is 2. The Labute approximate surface area is 166 Å². The van der Waals surface area contributed by atoms with Crippen LogP contribution in [0.25, 0.3) is 0 Å². The van der Waals surface area contributed by atoms with Crippen molar-refractivity contribution >= 4 is 17.5 Å². The van der Waals surface area contributed by atoms with Gasteiger partial charge in [0.2, 0.25) is 5.91 Å². The topological polar surface area (TPSA) is 74.3 Å². The van der Waals surface area contributed by atoms with Gasteiger partial charge in [-0.25, -0.2) is 0 Å². The fraction of sp³-hybridized carbons (Fsp3) is 0.409. The van der Waals surface area contributed by atoms with Crippen LogP contribution in [0.1, 0.15) is 42.6 Å². The van der Waals surface area contributed by atoms with Gasteiger partial charge in [0, 0.05) is 49.7 Å². The van der Waals surface area contributed by atoms with E-state index in [4.69, 9.17) is 0 Å². The molecule has 6 heteroatoms. The van der Waals surface area contributed by atoms with Crippen molar-refractivity contribution in [3.05, 3.63) is 59.9 Å². The van der Waals surface area contributed by atoms with Gasteiger partial charge in [-0.05, 0) is 42.7 Å². The van der Waals surface area contributed by atoms with E-state index in [1.807, 2.05) is 50.2 Å². The minimum atomic E-state index is -0.0809. The highest BCUT2D eigenvalue weighted by Gasteiger charge is 2.24. The molecule has 1 aromatic carbocycles. The quantitative estimate of drug-likeness (QED) is 0.808. The highest BCUT2D eigenvalue weighted by molar-refractivity contribution is 5.99. The second-order valence-electron chi connectivity index (χ2n) is 7.48. The Bertz CT molecular complexity index is 799. The van der Waals surface area contributed by atoms with Crippen LogP contribution in [0.5, 0.6) is 0 Å². The number of para-hydroxylation sites is 1. The number of rotatable bonds is 6. The van der Waals surface area contributed by atoms with Crippen LogP contribution in [0.15, 0.2) is 48.8 Å². The first-order valence-corrected chi connectivity index (χ1v) is 9.86. The lowest BCUT2D eigenvalue weighted by atomic mass is 10.0. The normalized spacial score (nSPS) is 14.8. The number of anilines is 1. The lowest BCUT2D eigenvalue weighted by molar-refractivity contribution is -0.124. The van der Waals surface area contributed by atoms with E-state index in [-0.39, 0.29) is 23.8 Å². The van der Waals surface area contributed by atoms with Crippen molar-refractivity contribution in [3.63, 3.8) is 0 Å². The van der Waals surface area contributed by atoms with Crippen LogP contribution in [0.4, 0.5) is 5.69 Å². The van der Waals surface area contributed by atoms with E-state index >= 15 is 0 Å². The fourth-order valence-corrected chi connectivity index (χ4v) is 3.35. The summed E-state index contributed by atoms with van der Waals surface area (Å²) in [7, 11) is 0. The Morgan fingerprint density at radius 2 is 1.79 bits per heavy atom. The molecule has 3 rings (SSSR count). The average molecular weight is 380 g/mol. The van der Waals surface area contributed by atoms with Crippen LogP contribution in [-0.2, 0) is 11.3 Å². The third-order valence-electron chi connectivity index (χ3n) is 5.06. The van der Waals surface area contributed by atoms with E-state index in [0.717, 1.165) is 37.2 Å². The van der Waals surface area contributed by atoms with Gasteiger partial charge >= 0.3 is 0 Å². The predicted molar refractivity (Wildman–Crippen MR) is 110 cm³/mol. The molecule has 0 aliphatic carbocycles. The summed E-state index contributed by atoms with van der Waals surface area (Å²) >= 11 is 0. The molecule has 0 radical (unpaired) electrons. The monoisotopic (exact) mass is 380 g/mol. The van der Waals surface area contributed by atoms with E-state index in [1.54, 1.807) is 12.4 Å². The van der Waals surface area contributed by atoms with E-state index < -0.39 is 0 Å². The molecule has 2 heterocycles. The van der Waals surface area contributed by atoms with Crippen molar-refractivity contribution in [2.24, 2.45) is 5.92 Å². The molecule has 148 valence electrons. The number of piperidine rings is 1. The van der Waals surface area contributed by atoms with E-state index in [9.17, 15) is 9.59 Å². The number of amides is 2. The molecule has 6 nitrogen and oxygen atoms in total. The Morgan fingerprint density at radius 1 is 1.11 bits per heavy atom. The second-order valence-corrected chi connectivity index (χ2v) is 7.48. The Hall–Kier alpha value is -2.89. The van der Waals surface area contributed by atoms with Crippen molar-refractivity contribution in [2.45, 2.75) is 39.3 Å². The molecule has 0 bridgehead atoms. The Kier molecular flexibility index (Phi) is 6.63. The van der Waals surface area contributed by atoms with Crippen molar-refractivity contribution in [2.75, 3.05) is 18.0 Å². The van der Waals surface area contributed by atoms with Gasteiger partial charge in [0.15, 0.2) is 0 Å². The van der Waals surface area contributed by atoms with Crippen LogP contribution >= 0.6 is 0 Å². The summed E-state index contributed by atoms with van der Waals surface area (Å²) in [4.78, 5) is 30.9. The minimum absolute atomic E-state index is 0.00264. The van der Waals surface area contributed by atoms with Gasteiger partial charge in [0.05, 0.1) is 5.56 Å². The lowest BCUT2D eigenvalue weighted by Gasteiger charge is -2.35. The summed E-state index contributed by atoms with van der Waals surface area (Å²) in [5.74, 6) is 0.0276. The number of nitrogens with zero attached hydrogens (tertiary/aromatic N) is 2. The van der Waals surface area contributed by atoms with E-state index in [1.165, 1.54) is 0 Å². The first-order chi connectivity index (χ1) is 13.5. The zero-order chi connectivity index (χ0) is 19.9. The van der Waals surface area contributed by atoms with Gasteiger partial charge in [0.1, 0.15) is 0 Å². The van der Waals surface area contributed by atoms with Gasteiger partial charge < -0.3 is 15.5 Å². The van der Waals surface area contributed by atoms with Crippen LogP contribution < -0.4 is 15.5 Å². The molecular formula is C22H28N4O2. The van der Waals surface area contributed by atoms with Crippen LogP contribution in [0.2, 0.25) is 0 Å². The third-order valence-corrected chi connectivity index (χ3v) is 5.06. The standard InChI is InChI=1S/C22H28N4O2/c1-16(2)21(27)25-18-9-13-26(14-10-18)20-6-4-3-5-19(20)22(28)24-15-17-7-11-23-12-8-17/h3-8,11-12,16,18H,9-10,13-15H2,1-2H3,(H,24,28)(H,25,27). The van der Waals surface area contributed by atoms with Gasteiger partial charge in [0.25, 0.3) is 5.91 Å². The summed E-state index contributed by atoms with van der Waals surface area (Å²) in [6.45, 7) is 5.92. The van der Waals surface area contributed by atoms with Gasteiger partial charge in [-0.2, -0.15) is 0 Å². The molecule has 0 unspecified atom stereocenters. The van der Waals surface area contributed by atoms with Crippen LogP contribution in [-0.4, -0.2) is 35.9 Å². The number of hydrogen-bond acceptors (Lipinski definition) is 4. The molecule has 0 atom stereocenters. The smallest absolute Gasteiger partial charge is 0.253 e. The zero-order valence-electron chi connectivity index (χ0n) is 16.5. The summed E-state index contributed by atoms with van der Waals surface area (Å²) in [6.07, 6.45) is 5.20. The number of aromatic nitrogens is 1. The highest BCUT2D eigenvalue weighted by Crippen LogP contribution is 2.24. The lowest BCUT2D eigenvalue weighted by Crippen LogP contribution is -2.46. The largest absolute Gasteiger partial charge is 0.371 e. The van der Waals surface area contributed by atoms with Gasteiger partial charge in [-0.1, -0.05) is 26.0 Å². The molecule has 28 heavy (non-hydrogen) atoms. The van der Waals surface area contributed by atoms with Crippen molar-refractivity contribution in [3.8, 4) is 0 Å². The minimum Gasteiger partial charge on any atom is -0.371 e. The number of pyridine rings is 1.